The molecule has 1 saturated carbocycles. The molecule has 0 aromatic rings. The average molecular weight is 241 g/mol. The molecule has 1 rings (SSSR count). The third-order valence-corrected chi connectivity index (χ3v) is 3.61. The molecule has 0 aliphatic heterocycles. The van der Waals surface area contributed by atoms with Gasteiger partial charge in [0, 0.05) is 6.54 Å². The quantitative estimate of drug-likeness (QED) is 0.674. The molecule has 0 saturated heterocycles. The van der Waals surface area contributed by atoms with E-state index in [-0.39, 0.29) is 0 Å². The third kappa shape index (κ3) is 5.53. The van der Waals surface area contributed by atoms with Crippen LogP contribution in [0.4, 0.5) is 0 Å². The minimum Gasteiger partial charge on any atom is -0.481 e. The molecule has 0 aromatic heterocycles. The maximum Gasteiger partial charge on any atom is 0.309 e. The highest BCUT2D eigenvalue weighted by Gasteiger charge is 2.27. The summed E-state index contributed by atoms with van der Waals surface area (Å²) in [6, 6.07) is 0. The van der Waals surface area contributed by atoms with E-state index < -0.39 is 11.4 Å². The van der Waals surface area contributed by atoms with Gasteiger partial charge in [0.2, 0.25) is 0 Å². The Morgan fingerprint density at radius 2 is 2.00 bits per heavy atom. The van der Waals surface area contributed by atoms with Gasteiger partial charge in [0.1, 0.15) is 0 Å². The van der Waals surface area contributed by atoms with Gasteiger partial charge in [-0.3, -0.25) is 4.79 Å². The van der Waals surface area contributed by atoms with Gasteiger partial charge in [-0.25, -0.2) is 0 Å². The highest BCUT2D eigenvalue weighted by molar-refractivity contribution is 5.73. The maximum absolute atomic E-state index is 11.0. The van der Waals surface area contributed by atoms with Crippen molar-refractivity contribution in [2.75, 3.05) is 19.6 Å². The van der Waals surface area contributed by atoms with Crippen LogP contribution in [0.25, 0.3) is 0 Å². The summed E-state index contributed by atoms with van der Waals surface area (Å²) < 4.78 is 0. The summed E-state index contributed by atoms with van der Waals surface area (Å²) in [6.45, 7) is 9.29. The number of rotatable bonds is 9. The van der Waals surface area contributed by atoms with Crippen molar-refractivity contribution >= 4 is 5.97 Å². The number of carbonyl (C=O) groups is 1. The first-order valence-corrected chi connectivity index (χ1v) is 6.91. The maximum atomic E-state index is 11.0. The molecule has 0 heterocycles. The van der Waals surface area contributed by atoms with Crippen LogP contribution in [0.5, 0.6) is 0 Å². The third-order valence-electron chi connectivity index (χ3n) is 3.61. The van der Waals surface area contributed by atoms with Gasteiger partial charge in [-0.15, -0.1) is 0 Å². The van der Waals surface area contributed by atoms with Crippen LogP contribution in [0.1, 0.15) is 52.9 Å². The van der Waals surface area contributed by atoms with E-state index in [1.54, 1.807) is 0 Å². The first-order valence-electron chi connectivity index (χ1n) is 6.91. The van der Waals surface area contributed by atoms with Crippen LogP contribution >= 0.6 is 0 Å². The van der Waals surface area contributed by atoms with Gasteiger partial charge < -0.3 is 10.0 Å². The number of carboxylic acid groups (broad SMARTS) is 1. The van der Waals surface area contributed by atoms with E-state index >= 15 is 0 Å². The van der Waals surface area contributed by atoms with E-state index in [0.29, 0.717) is 0 Å². The lowest BCUT2D eigenvalue weighted by Gasteiger charge is -2.24. The van der Waals surface area contributed by atoms with Crippen molar-refractivity contribution < 1.29 is 9.90 Å². The number of hydrogen-bond donors (Lipinski definition) is 1. The molecule has 17 heavy (non-hydrogen) atoms. The van der Waals surface area contributed by atoms with Crippen molar-refractivity contribution in [3.05, 3.63) is 0 Å². The molecule has 0 unspecified atom stereocenters. The first-order chi connectivity index (χ1) is 7.95. The number of hydrogen-bond acceptors (Lipinski definition) is 2. The smallest absolute Gasteiger partial charge is 0.309 e. The highest BCUT2D eigenvalue weighted by atomic mass is 16.4. The van der Waals surface area contributed by atoms with Crippen LogP contribution in [-0.4, -0.2) is 35.6 Å². The summed E-state index contributed by atoms with van der Waals surface area (Å²) >= 11 is 0. The van der Waals surface area contributed by atoms with Crippen molar-refractivity contribution in [2.45, 2.75) is 52.9 Å². The van der Waals surface area contributed by atoms with Gasteiger partial charge in [0.25, 0.3) is 0 Å². The predicted octanol–water partition coefficient (Wildman–Crippen LogP) is 3.00. The van der Waals surface area contributed by atoms with E-state index in [9.17, 15) is 4.79 Å². The van der Waals surface area contributed by atoms with Crippen LogP contribution in [0, 0.1) is 11.3 Å². The summed E-state index contributed by atoms with van der Waals surface area (Å²) in [5.74, 6) is 0.246. The number of nitrogens with zero attached hydrogens (tertiary/aromatic N) is 1. The lowest BCUT2D eigenvalue weighted by molar-refractivity contribution is -0.147. The highest BCUT2D eigenvalue weighted by Crippen LogP contribution is 2.30. The summed E-state index contributed by atoms with van der Waals surface area (Å²) in [6.07, 6.45) is 5.73. The SMILES string of the molecule is CCCN(CCCC(C)(C)C(=O)O)CC1CC1. The molecule has 1 fully saturated rings. The predicted molar refractivity (Wildman–Crippen MR) is 70.1 cm³/mol. The zero-order valence-electron chi connectivity index (χ0n) is 11.5. The second-order valence-corrected chi connectivity index (χ2v) is 6.04. The Morgan fingerprint density at radius 1 is 1.35 bits per heavy atom. The van der Waals surface area contributed by atoms with Gasteiger partial charge >= 0.3 is 5.97 Å². The minimum atomic E-state index is -0.679. The first kappa shape index (κ1) is 14.5. The zero-order chi connectivity index (χ0) is 12.9. The van der Waals surface area contributed by atoms with Crippen LogP contribution in [0.3, 0.4) is 0 Å². The normalized spacial score (nSPS) is 16.5. The number of aliphatic carboxylic acids is 1. The summed E-state index contributed by atoms with van der Waals surface area (Å²) in [7, 11) is 0. The molecule has 0 bridgehead atoms. The van der Waals surface area contributed by atoms with Gasteiger partial charge in [-0.2, -0.15) is 0 Å². The summed E-state index contributed by atoms with van der Waals surface area (Å²) in [5, 5.41) is 9.05. The number of carboxylic acids is 1. The largest absolute Gasteiger partial charge is 0.481 e. The fraction of sp³-hybridized carbons (Fsp3) is 0.929. The van der Waals surface area contributed by atoms with Crippen LogP contribution < -0.4 is 0 Å². The van der Waals surface area contributed by atoms with E-state index in [1.165, 1.54) is 25.8 Å². The molecule has 1 aliphatic rings. The van der Waals surface area contributed by atoms with Gasteiger partial charge in [-0.1, -0.05) is 6.92 Å². The topological polar surface area (TPSA) is 40.5 Å². The van der Waals surface area contributed by atoms with Crippen molar-refractivity contribution in [3.8, 4) is 0 Å². The Bertz CT molecular complexity index is 247. The Balaban J connectivity index is 2.23. The van der Waals surface area contributed by atoms with Crippen LogP contribution in [-0.2, 0) is 4.79 Å². The zero-order valence-corrected chi connectivity index (χ0v) is 11.5. The van der Waals surface area contributed by atoms with E-state index in [2.05, 4.69) is 11.8 Å². The second kappa shape index (κ2) is 6.39. The Morgan fingerprint density at radius 3 is 2.47 bits per heavy atom. The molecule has 0 atom stereocenters. The molecule has 0 radical (unpaired) electrons. The lowest BCUT2D eigenvalue weighted by Crippen LogP contribution is -2.30. The van der Waals surface area contributed by atoms with Crippen molar-refractivity contribution in [3.63, 3.8) is 0 Å². The van der Waals surface area contributed by atoms with Gasteiger partial charge in [0.15, 0.2) is 0 Å². The van der Waals surface area contributed by atoms with E-state index in [1.807, 2.05) is 13.8 Å². The molecule has 1 N–H and O–H groups in total. The molecule has 1 aliphatic carbocycles. The average Bonchev–Trinajstić information content (AvgIpc) is 3.01. The standard InChI is InChI=1S/C14H27NO2/c1-4-9-15(11-12-6-7-12)10-5-8-14(2,3)13(16)17/h12H,4-11H2,1-3H3,(H,16,17). The summed E-state index contributed by atoms with van der Waals surface area (Å²) in [4.78, 5) is 13.5. The molecular weight excluding hydrogens is 214 g/mol. The fourth-order valence-electron chi connectivity index (χ4n) is 2.13. The Labute approximate surface area is 105 Å². The monoisotopic (exact) mass is 241 g/mol. The molecule has 3 nitrogen and oxygen atoms in total. The summed E-state index contributed by atoms with van der Waals surface area (Å²) in [5.41, 5.74) is -0.572. The van der Waals surface area contributed by atoms with Gasteiger partial charge in [0.05, 0.1) is 5.41 Å². The molecule has 100 valence electrons. The van der Waals surface area contributed by atoms with E-state index in [4.69, 9.17) is 5.11 Å². The molecule has 0 amide bonds. The molecule has 0 aromatic carbocycles. The Hall–Kier alpha value is -0.570. The van der Waals surface area contributed by atoms with Crippen LogP contribution in [0.2, 0.25) is 0 Å². The van der Waals surface area contributed by atoms with Crippen molar-refractivity contribution in [1.82, 2.24) is 4.90 Å². The fourth-order valence-corrected chi connectivity index (χ4v) is 2.13. The minimum absolute atomic E-state index is 0.572. The van der Waals surface area contributed by atoms with Crippen LogP contribution in [0.15, 0.2) is 0 Å². The van der Waals surface area contributed by atoms with E-state index in [0.717, 1.165) is 31.8 Å². The Kier molecular flexibility index (Phi) is 5.44. The van der Waals surface area contributed by atoms with Crippen molar-refractivity contribution in [1.29, 1.82) is 0 Å². The molecule has 0 spiro atoms. The second-order valence-electron chi connectivity index (χ2n) is 6.04. The van der Waals surface area contributed by atoms with Crippen molar-refractivity contribution in [2.24, 2.45) is 11.3 Å². The lowest BCUT2D eigenvalue weighted by atomic mass is 9.88. The van der Waals surface area contributed by atoms with Gasteiger partial charge in [-0.05, 0) is 65.0 Å². The molecule has 3 heteroatoms. The molecular formula is C14H27NO2.